The zero-order chi connectivity index (χ0) is 14.2. The Labute approximate surface area is 133 Å². The average Bonchev–Trinajstić information content (AvgIpc) is 2.99. The number of halogens is 1. The Bertz CT molecular complexity index is 408. The molecule has 21 heavy (non-hydrogen) atoms. The molecule has 1 heterocycles. The van der Waals surface area contributed by atoms with Crippen molar-refractivity contribution < 1.29 is 9.53 Å². The molecular formula is C16H25ClN2O2. The molecule has 1 aliphatic heterocycles. The number of carbonyl (C=O) groups is 1. The number of nitrogens with zero attached hydrogens (tertiary/aromatic N) is 1. The van der Waals surface area contributed by atoms with Gasteiger partial charge in [-0.15, -0.1) is 12.4 Å². The highest BCUT2D eigenvalue weighted by Gasteiger charge is 2.25. The minimum absolute atomic E-state index is 0. The van der Waals surface area contributed by atoms with Crippen LogP contribution in [0, 0.1) is 0 Å². The van der Waals surface area contributed by atoms with Gasteiger partial charge in [-0.1, -0.05) is 37.3 Å². The standard InChI is InChI=1S/C16H24N2O2.ClH/c1-2-10-18(15-8-9-17-11-15)16(19)13-20-12-14-6-4-3-5-7-14;/h3-7,15,17H,2,8-13H2,1H3;1H. The molecule has 4 nitrogen and oxygen atoms in total. The molecule has 0 saturated carbocycles. The van der Waals surface area contributed by atoms with Gasteiger partial charge in [0.15, 0.2) is 0 Å². The van der Waals surface area contributed by atoms with Crippen molar-refractivity contribution in [1.82, 2.24) is 10.2 Å². The fourth-order valence-electron chi connectivity index (χ4n) is 2.57. The highest BCUT2D eigenvalue weighted by atomic mass is 35.5. The van der Waals surface area contributed by atoms with E-state index in [0.29, 0.717) is 12.6 Å². The molecule has 0 bridgehead atoms. The van der Waals surface area contributed by atoms with Crippen molar-refractivity contribution in [3.63, 3.8) is 0 Å². The van der Waals surface area contributed by atoms with Gasteiger partial charge in [-0.05, 0) is 24.9 Å². The summed E-state index contributed by atoms with van der Waals surface area (Å²) in [6, 6.07) is 10.3. The summed E-state index contributed by atoms with van der Waals surface area (Å²) >= 11 is 0. The minimum Gasteiger partial charge on any atom is -0.367 e. The lowest BCUT2D eigenvalue weighted by molar-refractivity contribution is -0.138. The van der Waals surface area contributed by atoms with Gasteiger partial charge in [-0.25, -0.2) is 0 Å². The van der Waals surface area contributed by atoms with E-state index in [2.05, 4.69) is 12.2 Å². The first-order valence-electron chi connectivity index (χ1n) is 7.43. The first-order valence-corrected chi connectivity index (χ1v) is 7.43. The van der Waals surface area contributed by atoms with Gasteiger partial charge in [0.05, 0.1) is 6.61 Å². The van der Waals surface area contributed by atoms with Crippen molar-refractivity contribution in [2.45, 2.75) is 32.4 Å². The Morgan fingerprint density at radius 2 is 2.14 bits per heavy atom. The number of hydrogen-bond acceptors (Lipinski definition) is 3. The molecule has 118 valence electrons. The number of nitrogens with one attached hydrogen (secondary N) is 1. The second-order valence-corrected chi connectivity index (χ2v) is 5.21. The predicted molar refractivity (Wildman–Crippen MR) is 86.6 cm³/mol. The number of hydrogen-bond donors (Lipinski definition) is 1. The lowest BCUT2D eigenvalue weighted by atomic mass is 10.2. The fraction of sp³-hybridized carbons (Fsp3) is 0.562. The Morgan fingerprint density at radius 3 is 2.76 bits per heavy atom. The van der Waals surface area contributed by atoms with E-state index in [1.54, 1.807) is 0 Å². The molecule has 1 atom stereocenters. The van der Waals surface area contributed by atoms with Crippen LogP contribution in [0.2, 0.25) is 0 Å². The highest BCUT2D eigenvalue weighted by Crippen LogP contribution is 2.10. The van der Waals surface area contributed by atoms with E-state index < -0.39 is 0 Å². The van der Waals surface area contributed by atoms with Crippen LogP contribution in [0.1, 0.15) is 25.3 Å². The fourth-order valence-corrected chi connectivity index (χ4v) is 2.57. The van der Waals surface area contributed by atoms with Crippen LogP contribution >= 0.6 is 12.4 Å². The molecule has 1 N–H and O–H groups in total. The van der Waals surface area contributed by atoms with Crippen LogP contribution in [0.5, 0.6) is 0 Å². The maximum absolute atomic E-state index is 12.3. The zero-order valence-corrected chi connectivity index (χ0v) is 13.4. The van der Waals surface area contributed by atoms with Crippen molar-refractivity contribution in [1.29, 1.82) is 0 Å². The summed E-state index contributed by atoms with van der Waals surface area (Å²) in [5.74, 6) is 0.108. The first-order chi connectivity index (χ1) is 9.81. The van der Waals surface area contributed by atoms with Gasteiger partial charge in [-0.2, -0.15) is 0 Å². The molecule has 0 aliphatic carbocycles. The van der Waals surface area contributed by atoms with E-state index in [-0.39, 0.29) is 24.9 Å². The van der Waals surface area contributed by atoms with E-state index in [1.807, 2.05) is 35.2 Å². The largest absolute Gasteiger partial charge is 0.367 e. The average molecular weight is 313 g/mol. The number of ether oxygens (including phenoxy) is 1. The summed E-state index contributed by atoms with van der Waals surface area (Å²) in [4.78, 5) is 14.3. The van der Waals surface area contributed by atoms with Gasteiger partial charge in [-0.3, -0.25) is 4.79 Å². The monoisotopic (exact) mass is 312 g/mol. The Hall–Kier alpha value is -1.10. The summed E-state index contributed by atoms with van der Waals surface area (Å²) in [7, 11) is 0. The Kier molecular flexibility index (Phi) is 8.35. The van der Waals surface area contributed by atoms with Crippen LogP contribution in [0.4, 0.5) is 0 Å². The molecule has 1 saturated heterocycles. The first kappa shape index (κ1) is 18.0. The van der Waals surface area contributed by atoms with Gasteiger partial charge in [0.1, 0.15) is 6.61 Å². The summed E-state index contributed by atoms with van der Waals surface area (Å²) in [6.07, 6.45) is 2.03. The number of rotatable bonds is 7. The minimum atomic E-state index is 0. The molecule has 5 heteroatoms. The third-order valence-electron chi connectivity index (χ3n) is 3.60. The molecule has 1 amide bonds. The van der Waals surface area contributed by atoms with E-state index in [0.717, 1.165) is 38.0 Å². The summed E-state index contributed by atoms with van der Waals surface area (Å²) in [6.45, 7) is 5.50. The summed E-state index contributed by atoms with van der Waals surface area (Å²) in [5, 5.41) is 3.31. The normalized spacial score (nSPS) is 17.3. The van der Waals surface area contributed by atoms with Gasteiger partial charge in [0.25, 0.3) is 0 Å². The molecule has 0 radical (unpaired) electrons. The van der Waals surface area contributed by atoms with E-state index in [1.165, 1.54) is 0 Å². The third kappa shape index (κ3) is 5.65. The van der Waals surface area contributed by atoms with Crippen LogP contribution in [-0.2, 0) is 16.1 Å². The number of amides is 1. The smallest absolute Gasteiger partial charge is 0.248 e. The molecule has 0 spiro atoms. The molecule has 1 aromatic rings. The molecule has 0 aromatic heterocycles. The van der Waals surface area contributed by atoms with Crippen LogP contribution < -0.4 is 5.32 Å². The molecule has 1 aromatic carbocycles. The van der Waals surface area contributed by atoms with E-state index in [4.69, 9.17) is 4.74 Å². The van der Waals surface area contributed by atoms with Crippen LogP contribution in [0.3, 0.4) is 0 Å². The lowest BCUT2D eigenvalue weighted by Crippen LogP contribution is -2.43. The van der Waals surface area contributed by atoms with Crippen LogP contribution in [0.15, 0.2) is 30.3 Å². The third-order valence-corrected chi connectivity index (χ3v) is 3.60. The van der Waals surface area contributed by atoms with Gasteiger partial charge in [0, 0.05) is 19.1 Å². The zero-order valence-electron chi connectivity index (χ0n) is 12.6. The van der Waals surface area contributed by atoms with Gasteiger partial charge >= 0.3 is 0 Å². The maximum atomic E-state index is 12.3. The lowest BCUT2D eigenvalue weighted by Gasteiger charge is -2.28. The summed E-state index contributed by atoms with van der Waals surface area (Å²) in [5.41, 5.74) is 1.10. The van der Waals surface area contributed by atoms with Crippen LogP contribution in [0.25, 0.3) is 0 Å². The number of carbonyl (C=O) groups excluding carboxylic acids is 1. The van der Waals surface area contributed by atoms with Crippen molar-refractivity contribution in [2.24, 2.45) is 0 Å². The van der Waals surface area contributed by atoms with E-state index >= 15 is 0 Å². The Morgan fingerprint density at radius 1 is 1.38 bits per heavy atom. The molecule has 1 fully saturated rings. The molecule has 1 unspecified atom stereocenters. The van der Waals surface area contributed by atoms with Gasteiger partial charge < -0.3 is 15.0 Å². The van der Waals surface area contributed by atoms with E-state index in [9.17, 15) is 4.79 Å². The van der Waals surface area contributed by atoms with Gasteiger partial charge in [0.2, 0.25) is 5.91 Å². The second kappa shape index (κ2) is 9.77. The molecule has 2 rings (SSSR count). The van der Waals surface area contributed by atoms with Crippen molar-refractivity contribution >= 4 is 18.3 Å². The van der Waals surface area contributed by atoms with Crippen LogP contribution in [-0.4, -0.2) is 43.1 Å². The SMILES string of the molecule is CCCN(C(=O)COCc1ccccc1)C1CCNC1.Cl. The second-order valence-electron chi connectivity index (χ2n) is 5.21. The van der Waals surface area contributed by atoms with Crippen molar-refractivity contribution in [2.75, 3.05) is 26.2 Å². The quantitative estimate of drug-likeness (QED) is 0.839. The number of benzene rings is 1. The summed E-state index contributed by atoms with van der Waals surface area (Å²) < 4.78 is 5.56. The molecule has 1 aliphatic rings. The maximum Gasteiger partial charge on any atom is 0.248 e. The predicted octanol–water partition coefficient (Wildman–Crippen LogP) is 2.23. The Balaban J connectivity index is 0.00000220. The molecular weight excluding hydrogens is 288 g/mol. The van der Waals surface area contributed by atoms with Crippen molar-refractivity contribution in [3.05, 3.63) is 35.9 Å². The van der Waals surface area contributed by atoms with Crippen molar-refractivity contribution in [3.8, 4) is 0 Å². The highest BCUT2D eigenvalue weighted by molar-refractivity contribution is 5.85. The topological polar surface area (TPSA) is 41.6 Å².